The smallest absolute Gasteiger partial charge is 0.179 e. The van der Waals surface area contributed by atoms with E-state index in [1.165, 1.54) is 12.8 Å². The molecular formula is C14H21N5. The van der Waals surface area contributed by atoms with E-state index in [0.717, 1.165) is 35.9 Å². The molecule has 0 spiro atoms. The minimum Gasteiger partial charge on any atom is -0.363 e. The molecule has 1 atom stereocenters. The molecule has 2 aromatic rings. The van der Waals surface area contributed by atoms with Crippen molar-refractivity contribution in [2.45, 2.75) is 25.2 Å². The molecular weight excluding hydrogens is 238 g/mol. The second kappa shape index (κ2) is 4.49. The average Bonchev–Trinajstić information content (AvgIpc) is 2.83. The number of hydrogen-bond acceptors (Lipinski definition) is 4. The largest absolute Gasteiger partial charge is 0.363 e. The van der Waals surface area contributed by atoms with Crippen LogP contribution in [-0.4, -0.2) is 42.1 Å². The van der Waals surface area contributed by atoms with Crippen LogP contribution >= 0.6 is 0 Å². The molecule has 5 nitrogen and oxygen atoms in total. The number of pyridine rings is 1. The van der Waals surface area contributed by atoms with E-state index in [9.17, 15) is 0 Å². The molecule has 0 bridgehead atoms. The van der Waals surface area contributed by atoms with Crippen LogP contribution in [0, 0.1) is 0 Å². The first kappa shape index (κ1) is 12.4. The molecule has 0 radical (unpaired) electrons. The number of imidazole rings is 1. The van der Waals surface area contributed by atoms with E-state index < -0.39 is 0 Å². The van der Waals surface area contributed by atoms with Crippen molar-refractivity contribution in [1.29, 1.82) is 0 Å². The number of fused-ring (bicyclic) bond motifs is 1. The summed E-state index contributed by atoms with van der Waals surface area (Å²) in [6.07, 6.45) is 2.37. The van der Waals surface area contributed by atoms with Gasteiger partial charge in [-0.25, -0.2) is 9.97 Å². The van der Waals surface area contributed by atoms with E-state index >= 15 is 0 Å². The number of aromatic amines is 1. The fourth-order valence-corrected chi connectivity index (χ4v) is 2.68. The highest BCUT2D eigenvalue weighted by Gasteiger charge is 2.32. The number of nitrogens with zero attached hydrogens (tertiary/aromatic N) is 3. The summed E-state index contributed by atoms with van der Waals surface area (Å²) in [5.74, 6) is 2.00. The number of anilines is 1. The molecule has 0 saturated carbocycles. The van der Waals surface area contributed by atoms with E-state index in [-0.39, 0.29) is 5.41 Å². The lowest BCUT2D eigenvalue weighted by Gasteiger charge is -2.32. The van der Waals surface area contributed by atoms with Gasteiger partial charge in [-0.1, -0.05) is 6.92 Å². The van der Waals surface area contributed by atoms with Crippen LogP contribution in [0.3, 0.4) is 0 Å². The Hall–Kier alpha value is -1.62. The molecule has 0 aromatic carbocycles. The molecule has 0 aliphatic carbocycles. The summed E-state index contributed by atoms with van der Waals surface area (Å²) in [7, 11) is 3.99. The van der Waals surface area contributed by atoms with Crippen LogP contribution in [0.5, 0.6) is 0 Å². The number of aromatic nitrogens is 3. The Kier molecular flexibility index (Phi) is 2.93. The monoisotopic (exact) mass is 259 g/mol. The number of hydrogen-bond donors (Lipinski definition) is 2. The lowest BCUT2D eigenvalue weighted by atomic mass is 9.82. The van der Waals surface area contributed by atoms with Crippen LogP contribution in [0.25, 0.3) is 11.2 Å². The normalized spacial score (nSPS) is 23.7. The maximum absolute atomic E-state index is 4.72. The number of rotatable bonds is 2. The third kappa shape index (κ3) is 2.18. The summed E-state index contributed by atoms with van der Waals surface area (Å²) in [6.45, 7) is 4.36. The van der Waals surface area contributed by atoms with E-state index in [1.807, 2.05) is 25.1 Å². The van der Waals surface area contributed by atoms with Crippen molar-refractivity contribution in [3.05, 3.63) is 18.0 Å². The van der Waals surface area contributed by atoms with Crippen molar-refractivity contribution in [1.82, 2.24) is 20.3 Å². The first-order valence-corrected chi connectivity index (χ1v) is 6.84. The van der Waals surface area contributed by atoms with Crippen LogP contribution in [0.15, 0.2) is 12.1 Å². The molecule has 19 heavy (non-hydrogen) atoms. The average molecular weight is 259 g/mol. The van der Waals surface area contributed by atoms with Crippen molar-refractivity contribution in [2.24, 2.45) is 0 Å². The molecule has 1 unspecified atom stereocenters. The van der Waals surface area contributed by atoms with Crippen LogP contribution in [0.2, 0.25) is 0 Å². The molecule has 1 fully saturated rings. The van der Waals surface area contributed by atoms with Crippen LogP contribution < -0.4 is 10.2 Å². The summed E-state index contributed by atoms with van der Waals surface area (Å²) in [4.78, 5) is 14.7. The highest BCUT2D eigenvalue weighted by atomic mass is 15.2. The molecule has 102 valence electrons. The van der Waals surface area contributed by atoms with Gasteiger partial charge in [0, 0.05) is 26.1 Å². The first-order valence-electron chi connectivity index (χ1n) is 6.84. The number of nitrogens with one attached hydrogen (secondary N) is 2. The first-order chi connectivity index (χ1) is 9.08. The lowest BCUT2D eigenvalue weighted by molar-refractivity contribution is 0.326. The molecule has 1 aliphatic rings. The molecule has 2 aromatic heterocycles. The van der Waals surface area contributed by atoms with E-state index in [2.05, 4.69) is 28.3 Å². The fourth-order valence-electron chi connectivity index (χ4n) is 2.68. The van der Waals surface area contributed by atoms with Crippen molar-refractivity contribution in [3.63, 3.8) is 0 Å². The van der Waals surface area contributed by atoms with E-state index in [1.54, 1.807) is 0 Å². The van der Waals surface area contributed by atoms with Gasteiger partial charge in [0.2, 0.25) is 0 Å². The van der Waals surface area contributed by atoms with Crippen molar-refractivity contribution in [3.8, 4) is 0 Å². The standard InChI is InChI=1S/C14H21N5/c1-14(7-4-8-15-9-14)13-16-10-5-6-11(19(2)3)17-12(10)18-13/h5-6,15H,4,7-9H2,1-3H3,(H,16,17,18). The zero-order valence-electron chi connectivity index (χ0n) is 11.8. The van der Waals surface area contributed by atoms with Gasteiger partial charge in [-0.15, -0.1) is 0 Å². The topological polar surface area (TPSA) is 56.8 Å². The molecule has 2 N–H and O–H groups in total. The fraction of sp³-hybridized carbons (Fsp3) is 0.571. The minimum atomic E-state index is 0.0945. The third-order valence-electron chi connectivity index (χ3n) is 3.96. The molecule has 5 heteroatoms. The summed E-state index contributed by atoms with van der Waals surface area (Å²) in [5.41, 5.74) is 1.93. The van der Waals surface area contributed by atoms with Gasteiger partial charge in [0.15, 0.2) is 5.65 Å². The Morgan fingerprint density at radius 3 is 2.79 bits per heavy atom. The number of H-pyrrole nitrogens is 1. The van der Waals surface area contributed by atoms with Crippen LogP contribution in [0.4, 0.5) is 5.82 Å². The Balaban J connectivity index is 2.01. The molecule has 1 saturated heterocycles. The van der Waals surface area contributed by atoms with Crippen molar-refractivity contribution in [2.75, 3.05) is 32.1 Å². The highest BCUT2D eigenvalue weighted by Crippen LogP contribution is 2.30. The van der Waals surface area contributed by atoms with Gasteiger partial charge in [0.05, 0.1) is 5.52 Å². The van der Waals surface area contributed by atoms with Gasteiger partial charge in [-0.05, 0) is 31.5 Å². The summed E-state index contributed by atoms with van der Waals surface area (Å²) in [6, 6.07) is 4.08. The Morgan fingerprint density at radius 1 is 1.26 bits per heavy atom. The Morgan fingerprint density at radius 2 is 2.11 bits per heavy atom. The highest BCUT2D eigenvalue weighted by molar-refractivity contribution is 5.73. The van der Waals surface area contributed by atoms with E-state index in [0.29, 0.717) is 0 Å². The quantitative estimate of drug-likeness (QED) is 0.861. The molecule has 3 rings (SSSR count). The van der Waals surface area contributed by atoms with Gasteiger partial charge in [0.25, 0.3) is 0 Å². The van der Waals surface area contributed by atoms with Crippen LogP contribution in [-0.2, 0) is 5.41 Å². The molecule has 3 heterocycles. The zero-order valence-corrected chi connectivity index (χ0v) is 11.8. The predicted octanol–water partition coefficient (Wildman–Crippen LogP) is 1.66. The number of piperidine rings is 1. The van der Waals surface area contributed by atoms with Gasteiger partial charge >= 0.3 is 0 Å². The second-order valence-electron chi connectivity index (χ2n) is 5.86. The molecule has 0 amide bonds. The van der Waals surface area contributed by atoms with Gasteiger partial charge < -0.3 is 15.2 Å². The van der Waals surface area contributed by atoms with E-state index in [4.69, 9.17) is 4.98 Å². The van der Waals surface area contributed by atoms with Crippen molar-refractivity contribution >= 4 is 17.0 Å². The van der Waals surface area contributed by atoms with Crippen LogP contribution in [0.1, 0.15) is 25.6 Å². The molecule has 1 aliphatic heterocycles. The zero-order chi connectivity index (χ0) is 13.5. The maximum atomic E-state index is 4.72. The Labute approximate surface area is 113 Å². The van der Waals surface area contributed by atoms with Gasteiger partial charge in [-0.3, -0.25) is 0 Å². The maximum Gasteiger partial charge on any atom is 0.179 e. The SMILES string of the molecule is CN(C)c1ccc2[nH]c(C3(C)CCCNC3)nc2n1. The second-order valence-corrected chi connectivity index (χ2v) is 5.86. The van der Waals surface area contributed by atoms with Gasteiger partial charge in [-0.2, -0.15) is 0 Å². The van der Waals surface area contributed by atoms with Gasteiger partial charge in [0.1, 0.15) is 11.6 Å². The van der Waals surface area contributed by atoms with Crippen molar-refractivity contribution < 1.29 is 0 Å². The third-order valence-corrected chi connectivity index (χ3v) is 3.96. The Bertz CT molecular complexity index is 581. The summed E-state index contributed by atoms with van der Waals surface area (Å²) >= 11 is 0. The minimum absolute atomic E-state index is 0.0945. The predicted molar refractivity (Wildman–Crippen MR) is 77.7 cm³/mol. The summed E-state index contributed by atoms with van der Waals surface area (Å²) < 4.78 is 0. The summed E-state index contributed by atoms with van der Waals surface area (Å²) in [5, 5.41) is 3.46. The lowest BCUT2D eigenvalue weighted by Crippen LogP contribution is -2.41.